The third-order valence-corrected chi connectivity index (χ3v) is 6.33. The second-order valence-corrected chi connectivity index (χ2v) is 7.72. The van der Waals surface area contributed by atoms with Gasteiger partial charge in [-0.1, -0.05) is 18.6 Å². The van der Waals surface area contributed by atoms with E-state index in [1.54, 1.807) is 38.3 Å². The fraction of sp³-hybridized carbons (Fsp3) is 0.600. The Morgan fingerprint density at radius 1 is 1.14 bits per heavy atom. The van der Waals surface area contributed by atoms with Gasteiger partial charge in [0.25, 0.3) is 0 Å². The number of benzene rings is 1. The van der Waals surface area contributed by atoms with Gasteiger partial charge in [0.1, 0.15) is 11.0 Å². The van der Waals surface area contributed by atoms with E-state index in [1.807, 2.05) is 0 Å². The van der Waals surface area contributed by atoms with E-state index in [4.69, 9.17) is 4.74 Å². The molecule has 1 aromatic carbocycles. The predicted molar refractivity (Wildman–Crippen MR) is 81.8 cm³/mol. The summed E-state index contributed by atoms with van der Waals surface area (Å²) >= 11 is 0. The standard InChI is InChI=1S/C15H23NO4S/c1-12(21(18,19)16-10-4-3-5-11-16)15(17)13-6-8-14(20-2)9-7-13/h6-9,12,15,17H,3-5,10-11H2,1-2H3/t12-,15-/m0/s1. The zero-order valence-electron chi connectivity index (χ0n) is 12.5. The van der Waals surface area contributed by atoms with Gasteiger partial charge >= 0.3 is 0 Å². The van der Waals surface area contributed by atoms with Crippen LogP contribution in [0.25, 0.3) is 0 Å². The lowest BCUT2D eigenvalue weighted by atomic mass is 10.1. The fourth-order valence-corrected chi connectivity index (χ4v) is 4.31. The number of nitrogens with zero attached hydrogens (tertiary/aromatic N) is 1. The molecule has 1 aliphatic heterocycles. The number of piperidine rings is 1. The van der Waals surface area contributed by atoms with Gasteiger partial charge in [-0.05, 0) is 37.5 Å². The van der Waals surface area contributed by atoms with Gasteiger partial charge in [0.2, 0.25) is 10.0 Å². The average molecular weight is 313 g/mol. The normalized spacial score (nSPS) is 20.0. The Balaban J connectivity index is 2.14. The molecule has 1 N–H and O–H groups in total. The Hall–Kier alpha value is -1.11. The lowest BCUT2D eigenvalue weighted by Gasteiger charge is -2.30. The first kappa shape index (κ1) is 16.3. The van der Waals surface area contributed by atoms with E-state index >= 15 is 0 Å². The molecule has 0 spiro atoms. The number of aliphatic hydroxyl groups excluding tert-OH is 1. The van der Waals surface area contributed by atoms with Crippen LogP contribution in [0.1, 0.15) is 37.9 Å². The molecule has 5 nitrogen and oxygen atoms in total. The van der Waals surface area contributed by atoms with Gasteiger partial charge in [-0.25, -0.2) is 12.7 Å². The number of methoxy groups -OCH3 is 1. The molecule has 2 atom stereocenters. The molecule has 1 fully saturated rings. The number of hydrogen-bond donors (Lipinski definition) is 1. The van der Waals surface area contributed by atoms with Gasteiger partial charge in [0, 0.05) is 13.1 Å². The zero-order chi connectivity index (χ0) is 15.5. The molecular weight excluding hydrogens is 290 g/mol. The molecule has 0 radical (unpaired) electrons. The summed E-state index contributed by atoms with van der Waals surface area (Å²) in [6.07, 6.45) is 1.82. The van der Waals surface area contributed by atoms with Gasteiger partial charge in [0.15, 0.2) is 0 Å². The van der Waals surface area contributed by atoms with Crippen molar-refractivity contribution >= 4 is 10.0 Å². The van der Waals surface area contributed by atoms with E-state index < -0.39 is 21.4 Å². The SMILES string of the molecule is COc1ccc([C@@H](O)[C@H](C)S(=O)(=O)N2CCCCC2)cc1. The summed E-state index contributed by atoms with van der Waals surface area (Å²) in [5.41, 5.74) is 0.587. The van der Waals surface area contributed by atoms with E-state index in [9.17, 15) is 13.5 Å². The van der Waals surface area contributed by atoms with E-state index in [0.717, 1.165) is 19.3 Å². The molecule has 1 heterocycles. The maximum Gasteiger partial charge on any atom is 0.219 e. The Morgan fingerprint density at radius 3 is 2.24 bits per heavy atom. The van der Waals surface area contributed by atoms with Gasteiger partial charge in [-0.15, -0.1) is 0 Å². The van der Waals surface area contributed by atoms with Crippen molar-refractivity contribution in [2.24, 2.45) is 0 Å². The van der Waals surface area contributed by atoms with Crippen LogP contribution in [0.4, 0.5) is 0 Å². The summed E-state index contributed by atoms with van der Waals surface area (Å²) < 4.78 is 31.7. The number of hydrogen-bond acceptors (Lipinski definition) is 4. The number of aliphatic hydroxyl groups is 1. The Kier molecular flexibility index (Phi) is 5.24. The summed E-state index contributed by atoms with van der Waals surface area (Å²) in [5.74, 6) is 0.678. The third-order valence-electron chi connectivity index (χ3n) is 4.05. The molecular formula is C15H23NO4S. The minimum Gasteiger partial charge on any atom is -0.497 e. The quantitative estimate of drug-likeness (QED) is 0.902. The number of ether oxygens (including phenoxy) is 1. The third kappa shape index (κ3) is 3.56. The second kappa shape index (κ2) is 6.77. The van der Waals surface area contributed by atoms with E-state index in [0.29, 0.717) is 24.4 Å². The summed E-state index contributed by atoms with van der Waals surface area (Å²) in [6, 6.07) is 6.84. The Morgan fingerprint density at radius 2 is 1.71 bits per heavy atom. The van der Waals surface area contributed by atoms with Crippen molar-refractivity contribution in [2.45, 2.75) is 37.5 Å². The molecule has 0 aromatic heterocycles. The average Bonchev–Trinajstić information content (AvgIpc) is 2.54. The summed E-state index contributed by atoms with van der Waals surface area (Å²) in [7, 11) is -1.91. The van der Waals surface area contributed by atoms with Crippen LogP contribution in [0.2, 0.25) is 0 Å². The van der Waals surface area contributed by atoms with E-state index in [1.165, 1.54) is 4.31 Å². The number of sulfonamides is 1. The van der Waals surface area contributed by atoms with Crippen LogP contribution in [0, 0.1) is 0 Å². The highest BCUT2D eigenvalue weighted by atomic mass is 32.2. The maximum atomic E-state index is 12.6. The van der Waals surface area contributed by atoms with Crippen molar-refractivity contribution in [1.82, 2.24) is 4.31 Å². The molecule has 2 rings (SSSR count). The molecule has 0 aliphatic carbocycles. The minimum atomic E-state index is -3.47. The van der Waals surface area contributed by atoms with Crippen LogP contribution >= 0.6 is 0 Å². The maximum absolute atomic E-state index is 12.6. The zero-order valence-corrected chi connectivity index (χ0v) is 13.3. The Bertz CT molecular complexity index is 550. The highest BCUT2D eigenvalue weighted by Gasteiger charge is 2.34. The molecule has 1 saturated heterocycles. The molecule has 0 bridgehead atoms. The van der Waals surface area contributed by atoms with E-state index in [-0.39, 0.29) is 0 Å². The van der Waals surface area contributed by atoms with Crippen molar-refractivity contribution in [3.63, 3.8) is 0 Å². The van der Waals surface area contributed by atoms with Crippen LogP contribution in [0.15, 0.2) is 24.3 Å². The lowest BCUT2D eigenvalue weighted by molar-refractivity contribution is 0.172. The van der Waals surface area contributed by atoms with Crippen LogP contribution in [0.5, 0.6) is 5.75 Å². The van der Waals surface area contributed by atoms with Crippen LogP contribution in [-0.2, 0) is 10.0 Å². The smallest absolute Gasteiger partial charge is 0.219 e. The molecule has 118 valence electrons. The van der Waals surface area contributed by atoms with Crippen molar-refractivity contribution in [3.05, 3.63) is 29.8 Å². The Labute approximate surface area is 126 Å². The van der Waals surface area contributed by atoms with Crippen LogP contribution in [-0.4, -0.2) is 43.3 Å². The molecule has 0 unspecified atom stereocenters. The van der Waals surface area contributed by atoms with Gasteiger partial charge in [0.05, 0.1) is 13.2 Å². The van der Waals surface area contributed by atoms with Crippen molar-refractivity contribution in [1.29, 1.82) is 0 Å². The largest absolute Gasteiger partial charge is 0.497 e. The van der Waals surface area contributed by atoms with Gasteiger partial charge in [-0.2, -0.15) is 0 Å². The lowest BCUT2D eigenvalue weighted by Crippen LogP contribution is -2.42. The van der Waals surface area contributed by atoms with Crippen LogP contribution in [0.3, 0.4) is 0 Å². The molecule has 1 aromatic rings. The van der Waals surface area contributed by atoms with Crippen molar-refractivity contribution < 1.29 is 18.3 Å². The predicted octanol–water partition coefficient (Wildman–Crippen LogP) is 1.93. The van der Waals surface area contributed by atoms with Crippen molar-refractivity contribution in [2.75, 3.05) is 20.2 Å². The second-order valence-electron chi connectivity index (χ2n) is 5.43. The molecule has 0 saturated carbocycles. The fourth-order valence-electron chi connectivity index (χ4n) is 2.59. The van der Waals surface area contributed by atoms with Gasteiger partial charge < -0.3 is 9.84 Å². The minimum absolute atomic E-state index is 0.558. The molecule has 21 heavy (non-hydrogen) atoms. The van der Waals surface area contributed by atoms with Gasteiger partial charge in [-0.3, -0.25) is 0 Å². The van der Waals surface area contributed by atoms with Crippen molar-refractivity contribution in [3.8, 4) is 5.75 Å². The highest BCUT2D eigenvalue weighted by molar-refractivity contribution is 7.89. The summed E-state index contributed by atoms with van der Waals surface area (Å²) in [5, 5.41) is 9.51. The summed E-state index contributed by atoms with van der Waals surface area (Å²) in [4.78, 5) is 0. The summed E-state index contributed by atoms with van der Waals surface area (Å²) in [6.45, 7) is 2.68. The van der Waals surface area contributed by atoms with E-state index in [2.05, 4.69) is 0 Å². The molecule has 0 amide bonds. The first-order chi connectivity index (χ1) is 9.96. The molecule has 6 heteroatoms. The first-order valence-electron chi connectivity index (χ1n) is 7.28. The monoisotopic (exact) mass is 313 g/mol. The number of rotatable bonds is 5. The molecule has 1 aliphatic rings. The topological polar surface area (TPSA) is 66.8 Å². The highest BCUT2D eigenvalue weighted by Crippen LogP contribution is 2.27. The van der Waals surface area contributed by atoms with Crippen LogP contribution < -0.4 is 4.74 Å². The first-order valence-corrected chi connectivity index (χ1v) is 8.78.